The van der Waals surface area contributed by atoms with E-state index in [2.05, 4.69) is 4.72 Å². The molecule has 0 amide bonds. The van der Waals surface area contributed by atoms with Crippen LogP contribution in [0, 0.1) is 0 Å². The third-order valence-electron chi connectivity index (χ3n) is 4.28. The highest BCUT2D eigenvalue weighted by Crippen LogP contribution is 2.32. The van der Waals surface area contributed by atoms with Gasteiger partial charge in [0.1, 0.15) is 11.0 Å². The summed E-state index contributed by atoms with van der Waals surface area (Å²) in [6.45, 7) is 1.99. The summed E-state index contributed by atoms with van der Waals surface area (Å²) in [5.41, 5.74) is 0. The number of sulfone groups is 1. The second-order valence-electron chi connectivity index (χ2n) is 6.26. The fourth-order valence-corrected chi connectivity index (χ4v) is 6.84. The highest BCUT2D eigenvalue weighted by molar-refractivity contribution is 7.92. The van der Waals surface area contributed by atoms with Gasteiger partial charge < -0.3 is 4.74 Å². The van der Waals surface area contributed by atoms with E-state index in [-0.39, 0.29) is 16.3 Å². The molecule has 10 heteroatoms. The maximum absolute atomic E-state index is 13.2. The largest absolute Gasteiger partial charge is 0.494 e. The summed E-state index contributed by atoms with van der Waals surface area (Å²) in [4.78, 5) is 0.643. The fourth-order valence-electron chi connectivity index (χ4n) is 2.78. The van der Waals surface area contributed by atoms with Gasteiger partial charge in [-0.15, -0.1) is 11.3 Å². The minimum absolute atomic E-state index is 0.0276. The molecule has 1 unspecified atom stereocenters. The number of sulfonamides is 1. The van der Waals surface area contributed by atoms with Gasteiger partial charge in [-0.1, -0.05) is 17.7 Å². The average molecular weight is 486 g/mol. The van der Waals surface area contributed by atoms with E-state index in [1.165, 1.54) is 47.7 Å². The molecule has 2 aromatic carbocycles. The van der Waals surface area contributed by atoms with Gasteiger partial charge in [-0.05, 0) is 66.9 Å². The van der Waals surface area contributed by atoms with Crippen molar-refractivity contribution >= 4 is 42.8 Å². The van der Waals surface area contributed by atoms with Crippen molar-refractivity contribution in [3.05, 3.63) is 75.9 Å². The quantitative estimate of drug-likeness (QED) is 0.488. The van der Waals surface area contributed by atoms with Gasteiger partial charge in [0.2, 0.25) is 10.0 Å². The molecule has 0 fully saturated rings. The van der Waals surface area contributed by atoms with Crippen LogP contribution in [0.1, 0.15) is 17.1 Å². The van der Waals surface area contributed by atoms with Crippen molar-refractivity contribution in [3.63, 3.8) is 0 Å². The number of nitrogens with one attached hydrogen (secondary N) is 1. The molecule has 30 heavy (non-hydrogen) atoms. The Balaban J connectivity index is 1.86. The van der Waals surface area contributed by atoms with Crippen molar-refractivity contribution in [1.29, 1.82) is 0 Å². The lowest BCUT2D eigenvalue weighted by Gasteiger charge is -2.18. The topological polar surface area (TPSA) is 89.5 Å². The molecule has 0 aliphatic carbocycles. The zero-order valence-corrected chi connectivity index (χ0v) is 19.2. The molecule has 160 valence electrons. The number of hydrogen-bond acceptors (Lipinski definition) is 6. The van der Waals surface area contributed by atoms with Crippen LogP contribution in [-0.4, -0.2) is 30.0 Å². The zero-order valence-electron chi connectivity index (χ0n) is 16.0. The molecule has 0 radical (unpaired) electrons. The smallest absolute Gasteiger partial charge is 0.240 e. The first-order valence-corrected chi connectivity index (χ1v) is 13.3. The summed E-state index contributed by atoms with van der Waals surface area (Å²) in [5.74, 6) is 0.554. The molecule has 1 aromatic heterocycles. The molecule has 1 heterocycles. The Bertz CT molecular complexity index is 1170. The predicted molar refractivity (Wildman–Crippen MR) is 118 cm³/mol. The normalized spacial score (nSPS) is 13.1. The van der Waals surface area contributed by atoms with Crippen LogP contribution >= 0.6 is 22.9 Å². The van der Waals surface area contributed by atoms with Crippen LogP contribution in [-0.2, 0) is 19.9 Å². The summed E-state index contributed by atoms with van der Waals surface area (Å²) in [5, 5.41) is 1.09. The monoisotopic (exact) mass is 485 g/mol. The number of ether oxygens (including phenoxy) is 1. The first-order valence-electron chi connectivity index (χ1n) is 8.99. The average Bonchev–Trinajstić information content (AvgIpc) is 3.23. The van der Waals surface area contributed by atoms with Gasteiger partial charge in [0, 0.05) is 16.4 Å². The molecule has 0 bridgehead atoms. The second-order valence-corrected chi connectivity index (χ2v) is 11.6. The molecule has 0 saturated heterocycles. The van der Waals surface area contributed by atoms with Crippen LogP contribution in [0.2, 0.25) is 5.02 Å². The maximum atomic E-state index is 13.2. The Labute approximate surface area is 185 Å². The zero-order chi connectivity index (χ0) is 21.8. The molecular formula is C20H20ClNO5S3. The van der Waals surface area contributed by atoms with Gasteiger partial charge >= 0.3 is 0 Å². The van der Waals surface area contributed by atoms with Crippen molar-refractivity contribution in [3.8, 4) is 5.75 Å². The van der Waals surface area contributed by atoms with Crippen molar-refractivity contribution in [2.24, 2.45) is 0 Å². The van der Waals surface area contributed by atoms with E-state index >= 15 is 0 Å². The van der Waals surface area contributed by atoms with E-state index in [1.54, 1.807) is 29.6 Å². The van der Waals surface area contributed by atoms with E-state index in [0.717, 1.165) is 0 Å². The first kappa shape index (κ1) is 22.8. The molecule has 0 aliphatic heterocycles. The molecular weight excluding hydrogens is 466 g/mol. The lowest BCUT2D eigenvalue weighted by Crippen LogP contribution is -2.31. The van der Waals surface area contributed by atoms with Crippen molar-refractivity contribution in [1.82, 2.24) is 4.72 Å². The van der Waals surface area contributed by atoms with E-state index in [4.69, 9.17) is 16.3 Å². The Hall–Kier alpha value is -1.91. The predicted octanol–water partition coefficient (Wildman–Crippen LogP) is 4.29. The van der Waals surface area contributed by atoms with E-state index in [0.29, 0.717) is 22.3 Å². The lowest BCUT2D eigenvalue weighted by atomic mass is 10.3. The molecule has 3 rings (SSSR count). The van der Waals surface area contributed by atoms with Gasteiger partial charge in [0.05, 0.1) is 16.4 Å². The van der Waals surface area contributed by atoms with Crippen molar-refractivity contribution in [2.75, 3.05) is 13.2 Å². The van der Waals surface area contributed by atoms with Gasteiger partial charge in [-0.25, -0.2) is 21.6 Å². The number of benzene rings is 2. The first-order chi connectivity index (χ1) is 14.2. The van der Waals surface area contributed by atoms with Gasteiger partial charge in [0.25, 0.3) is 0 Å². The van der Waals surface area contributed by atoms with Crippen LogP contribution in [0.5, 0.6) is 5.75 Å². The van der Waals surface area contributed by atoms with Crippen LogP contribution in [0.25, 0.3) is 0 Å². The third kappa shape index (κ3) is 5.22. The summed E-state index contributed by atoms with van der Waals surface area (Å²) < 4.78 is 59.6. The van der Waals surface area contributed by atoms with Gasteiger partial charge in [0.15, 0.2) is 9.84 Å². The molecule has 6 nitrogen and oxygen atoms in total. The van der Waals surface area contributed by atoms with Crippen molar-refractivity contribution < 1.29 is 21.6 Å². The van der Waals surface area contributed by atoms with Crippen molar-refractivity contribution in [2.45, 2.75) is 22.0 Å². The summed E-state index contributed by atoms with van der Waals surface area (Å²) in [6, 6.07) is 15.2. The standard InChI is InChI=1S/C20H20ClNO5S3/c1-2-27-16-7-11-18(12-8-16)30(25,26)22-14-20(19-4-3-13-28-19)29(23,24)17-9-5-15(21)6-10-17/h3-13,20,22H,2,14H2,1H3. The fraction of sp³-hybridized carbons (Fsp3) is 0.200. The van der Waals surface area contributed by atoms with Crippen LogP contribution in [0.3, 0.4) is 0 Å². The lowest BCUT2D eigenvalue weighted by molar-refractivity contribution is 0.340. The maximum Gasteiger partial charge on any atom is 0.240 e. The molecule has 0 saturated carbocycles. The van der Waals surface area contributed by atoms with Crippen LogP contribution in [0.15, 0.2) is 75.8 Å². The highest BCUT2D eigenvalue weighted by atomic mass is 35.5. The number of halogens is 1. The summed E-state index contributed by atoms with van der Waals surface area (Å²) >= 11 is 7.12. The second kappa shape index (κ2) is 9.49. The van der Waals surface area contributed by atoms with Crippen LogP contribution in [0.4, 0.5) is 0 Å². The minimum Gasteiger partial charge on any atom is -0.494 e. The van der Waals surface area contributed by atoms with Crippen LogP contribution < -0.4 is 9.46 Å². The Morgan fingerprint density at radius 3 is 2.17 bits per heavy atom. The third-order valence-corrected chi connectivity index (χ3v) is 9.21. The molecule has 0 spiro atoms. The summed E-state index contributed by atoms with van der Waals surface area (Å²) in [6.07, 6.45) is 0. The van der Waals surface area contributed by atoms with E-state index in [1.807, 2.05) is 6.92 Å². The SMILES string of the molecule is CCOc1ccc(S(=O)(=O)NCC(c2cccs2)S(=O)(=O)c2ccc(Cl)cc2)cc1. The number of thiophene rings is 1. The van der Waals surface area contributed by atoms with Gasteiger partial charge in [-0.3, -0.25) is 0 Å². The summed E-state index contributed by atoms with van der Waals surface area (Å²) in [7, 11) is -7.77. The number of hydrogen-bond donors (Lipinski definition) is 1. The molecule has 1 N–H and O–H groups in total. The molecule has 1 atom stereocenters. The number of rotatable bonds is 9. The van der Waals surface area contributed by atoms with Gasteiger partial charge in [-0.2, -0.15) is 0 Å². The minimum atomic E-state index is -3.91. The van der Waals surface area contributed by atoms with E-state index in [9.17, 15) is 16.8 Å². The Morgan fingerprint density at radius 2 is 1.60 bits per heavy atom. The Morgan fingerprint density at radius 1 is 0.967 bits per heavy atom. The molecule has 3 aromatic rings. The highest BCUT2D eigenvalue weighted by Gasteiger charge is 2.31. The molecule has 0 aliphatic rings. The van der Waals surface area contributed by atoms with E-state index < -0.39 is 25.1 Å². The Kier molecular flexibility index (Phi) is 7.20.